The van der Waals surface area contributed by atoms with Crippen LogP contribution in [0.3, 0.4) is 0 Å². The highest BCUT2D eigenvalue weighted by Gasteiger charge is 2.14. The predicted molar refractivity (Wildman–Crippen MR) is 65.6 cm³/mol. The van der Waals surface area contributed by atoms with Gasteiger partial charge in [0.25, 0.3) is 5.24 Å². The molecule has 0 heterocycles. The average molecular weight is 244 g/mol. The summed E-state index contributed by atoms with van der Waals surface area (Å²) in [4.78, 5) is 12.4. The maximum atomic E-state index is 11.5. The van der Waals surface area contributed by atoms with Gasteiger partial charge in [-0.1, -0.05) is 11.6 Å². The molecule has 1 amide bonds. The van der Waals surface area contributed by atoms with Crippen molar-refractivity contribution >= 4 is 28.6 Å². The van der Waals surface area contributed by atoms with E-state index in [-0.39, 0.29) is 10.8 Å². The highest BCUT2D eigenvalue weighted by atomic mass is 35.5. The van der Waals surface area contributed by atoms with Crippen LogP contribution in [0.1, 0.15) is 20.8 Å². The summed E-state index contributed by atoms with van der Waals surface area (Å²) in [5.74, 6) is 0. The molecule has 0 bridgehead atoms. The van der Waals surface area contributed by atoms with Crippen LogP contribution in [-0.2, 0) is 0 Å². The van der Waals surface area contributed by atoms with Crippen LogP contribution < -0.4 is 5.32 Å². The van der Waals surface area contributed by atoms with Gasteiger partial charge < -0.3 is 5.32 Å². The van der Waals surface area contributed by atoms with Gasteiger partial charge in [0.1, 0.15) is 0 Å². The minimum Gasteiger partial charge on any atom is -0.342 e. The lowest BCUT2D eigenvalue weighted by molar-refractivity contribution is 0.253. The lowest BCUT2D eigenvalue weighted by Gasteiger charge is -2.19. The SMILES string of the molecule is CC(C)(C)NC(=O)Sc1ccc(Cl)cc1. The van der Waals surface area contributed by atoms with Crippen molar-refractivity contribution < 1.29 is 4.79 Å². The van der Waals surface area contributed by atoms with Crippen molar-refractivity contribution in [2.75, 3.05) is 0 Å². The zero-order valence-corrected chi connectivity index (χ0v) is 10.6. The highest BCUT2D eigenvalue weighted by Crippen LogP contribution is 2.21. The molecule has 0 saturated heterocycles. The number of hydrogen-bond donors (Lipinski definition) is 1. The molecule has 0 aliphatic carbocycles. The number of hydrogen-bond acceptors (Lipinski definition) is 2. The summed E-state index contributed by atoms with van der Waals surface area (Å²) in [6.45, 7) is 5.86. The van der Waals surface area contributed by atoms with Crippen LogP contribution in [0.2, 0.25) is 5.02 Å². The molecule has 0 fully saturated rings. The predicted octanol–water partition coefficient (Wildman–Crippen LogP) is 3.94. The summed E-state index contributed by atoms with van der Waals surface area (Å²) in [5, 5.41) is 3.50. The molecule has 0 aliphatic heterocycles. The molecule has 0 atom stereocenters. The number of rotatable bonds is 1. The van der Waals surface area contributed by atoms with Gasteiger partial charge in [-0.3, -0.25) is 4.79 Å². The fourth-order valence-corrected chi connectivity index (χ4v) is 1.91. The van der Waals surface area contributed by atoms with Crippen LogP contribution in [-0.4, -0.2) is 10.8 Å². The molecule has 0 aliphatic rings. The fourth-order valence-electron chi connectivity index (χ4n) is 0.941. The van der Waals surface area contributed by atoms with Crippen molar-refractivity contribution in [2.45, 2.75) is 31.2 Å². The third-order valence-electron chi connectivity index (χ3n) is 1.50. The van der Waals surface area contributed by atoms with Crippen molar-refractivity contribution in [1.29, 1.82) is 0 Å². The molecule has 2 nitrogen and oxygen atoms in total. The van der Waals surface area contributed by atoms with E-state index in [1.807, 2.05) is 32.9 Å². The quantitative estimate of drug-likeness (QED) is 0.757. The van der Waals surface area contributed by atoms with E-state index >= 15 is 0 Å². The van der Waals surface area contributed by atoms with Gasteiger partial charge in [0.05, 0.1) is 0 Å². The van der Waals surface area contributed by atoms with Gasteiger partial charge in [0.15, 0.2) is 0 Å². The molecule has 1 rings (SSSR count). The molecular formula is C11H14ClNOS. The third-order valence-corrected chi connectivity index (χ3v) is 2.55. The van der Waals surface area contributed by atoms with Crippen molar-refractivity contribution in [1.82, 2.24) is 5.32 Å². The Bertz CT molecular complexity index is 343. The van der Waals surface area contributed by atoms with E-state index in [0.717, 1.165) is 4.90 Å². The Balaban J connectivity index is 2.55. The smallest absolute Gasteiger partial charge is 0.284 e. The van der Waals surface area contributed by atoms with Gasteiger partial charge in [-0.25, -0.2) is 0 Å². The number of carbonyl (C=O) groups is 1. The largest absolute Gasteiger partial charge is 0.342 e. The van der Waals surface area contributed by atoms with Gasteiger partial charge in [-0.2, -0.15) is 0 Å². The summed E-state index contributed by atoms with van der Waals surface area (Å²) in [6, 6.07) is 7.20. The Hall–Kier alpha value is -0.670. The minimum absolute atomic E-state index is 0.0511. The number of benzene rings is 1. The molecule has 0 spiro atoms. The normalized spacial score (nSPS) is 11.2. The van der Waals surface area contributed by atoms with Crippen LogP contribution in [0.15, 0.2) is 29.2 Å². The van der Waals surface area contributed by atoms with Crippen LogP contribution in [0, 0.1) is 0 Å². The van der Waals surface area contributed by atoms with Crippen LogP contribution in [0.5, 0.6) is 0 Å². The number of carbonyl (C=O) groups excluding carboxylic acids is 1. The second kappa shape index (κ2) is 4.90. The Morgan fingerprint density at radius 3 is 2.27 bits per heavy atom. The Morgan fingerprint density at radius 2 is 1.80 bits per heavy atom. The standard InChI is InChI=1S/C11H14ClNOS/c1-11(2,3)13-10(14)15-9-6-4-8(12)5-7-9/h4-7H,1-3H3,(H,13,14). The first kappa shape index (κ1) is 12.4. The van der Waals surface area contributed by atoms with Gasteiger partial charge >= 0.3 is 0 Å². The second-order valence-corrected chi connectivity index (χ2v) is 5.70. The summed E-state index contributed by atoms with van der Waals surface area (Å²) in [6.07, 6.45) is 0. The maximum Gasteiger partial charge on any atom is 0.284 e. The Kier molecular flexibility index (Phi) is 4.05. The van der Waals surface area contributed by atoms with E-state index in [9.17, 15) is 4.79 Å². The molecular weight excluding hydrogens is 230 g/mol. The van der Waals surface area contributed by atoms with E-state index in [1.165, 1.54) is 11.8 Å². The molecule has 0 aromatic heterocycles. The van der Waals surface area contributed by atoms with Crippen LogP contribution in [0.25, 0.3) is 0 Å². The number of thioether (sulfide) groups is 1. The molecule has 0 radical (unpaired) electrons. The van der Waals surface area contributed by atoms with Gasteiger partial charge in [0, 0.05) is 15.5 Å². The molecule has 15 heavy (non-hydrogen) atoms. The van der Waals surface area contributed by atoms with Gasteiger partial charge in [-0.15, -0.1) is 0 Å². The number of nitrogens with one attached hydrogen (secondary N) is 1. The van der Waals surface area contributed by atoms with Crippen molar-refractivity contribution in [3.8, 4) is 0 Å². The molecule has 1 aromatic carbocycles. The Labute approximate surface area is 99.4 Å². The third kappa shape index (κ3) is 5.09. The Morgan fingerprint density at radius 1 is 1.27 bits per heavy atom. The lowest BCUT2D eigenvalue weighted by Crippen LogP contribution is -2.38. The van der Waals surface area contributed by atoms with E-state index in [0.29, 0.717) is 5.02 Å². The second-order valence-electron chi connectivity index (χ2n) is 4.22. The monoisotopic (exact) mass is 243 g/mol. The molecule has 0 unspecified atom stereocenters. The highest BCUT2D eigenvalue weighted by molar-refractivity contribution is 8.13. The number of halogens is 1. The maximum absolute atomic E-state index is 11.5. The summed E-state index contributed by atoms with van der Waals surface area (Å²) < 4.78 is 0. The van der Waals surface area contributed by atoms with E-state index in [2.05, 4.69) is 5.32 Å². The van der Waals surface area contributed by atoms with E-state index in [1.54, 1.807) is 12.1 Å². The minimum atomic E-state index is -0.198. The zero-order chi connectivity index (χ0) is 11.5. The van der Waals surface area contributed by atoms with E-state index in [4.69, 9.17) is 11.6 Å². The van der Waals surface area contributed by atoms with Crippen molar-refractivity contribution in [3.05, 3.63) is 29.3 Å². The molecule has 1 aromatic rings. The average Bonchev–Trinajstić information content (AvgIpc) is 2.05. The van der Waals surface area contributed by atoms with Gasteiger partial charge in [-0.05, 0) is 56.8 Å². The van der Waals surface area contributed by atoms with Crippen molar-refractivity contribution in [3.63, 3.8) is 0 Å². The fraction of sp³-hybridized carbons (Fsp3) is 0.364. The van der Waals surface area contributed by atoms with Crippen molar-refractivity contribution in [2.24, 2.45) is 0 Å². The molecule has 1 N–H and O–H groups in total. The molecule has 0 saturated carbocycles. The zero-order valence-electron chi connectivity index (χ0n) is 9.00. The van der Waals surface area contributed by atoms with Crippen LogP contribution in [0.4, 0.5) is 4.79 Å². The van der Waals surface area contributed by atoms with Gasteiger partial charge in [0.2, 0.25) is 0 Å². The summed E-state index contributed by atoms with van der Waals surface area (Å²) >= 11 is 6.92. The van der Waals surface area contributed by atoms with Crippen LogP contribution >= 0.6 is 23.4 Å². The lowest BCUT2D eigenvalue weighted by atomic mass is 10.1. The number of amides is 1. The summed E-state index contributed by atoms with van der Waals surface area (Å²) in [5.41, 5.74) is -0.198. The first-order chi connectivity index (χ1) is 6.87. The first-order valence-electron chi connectivity index (χ1n) is 4.62. The molecule has 4 heteroatoms. The topological polar surface area (TPSA) is 29.1 Å². The van der Waals surface area contributed by atoms with E-state index < -0.39 is 0 Å². The molecule has 82 valence electrons. The summed E-state index contributed by atoms with van der Waals surface area (Å²) in [7, 11) is 0. The first-order valence-corrected chi connectivity index (χ1v) is 5.82.